The topological polar surface area (TPSA) is 18.5 Å². The normalized spacial score (nSPS) is 18.7. The summed E-state index contributed by atoms with van der Waals surface area (Å²) in [4.78, 5) is 0. The van der Waals surface area contributed by atoms with Crippen molar-refractivity contribution >= 4 is 34.8 Å². The van der Waals surface area contributed by atoms with Gasteiger partial charge in [0.2, 0.25) is 0 Å². The Morgan fingerprint density at radius 3 is 1.88 bits per heavy atom. The van der Waals surface area contributed by atoms with Crippen LogP contribution in [0, 0.1) is 0 Å². The highest BCUT2D eigenvalue weighted by atomic mass is 35.5. The van der Waals surface area contributed by atoms with Crippen LogP contribution in [0.4, 0.5) is 0 Å². The minimum absolute atomic E-state index is 0.258. The van der Waals surface area contributed by atoms with Gasteiger partial charge in [-0.05, 0) is 12.1 Å². The van der Waals surface area contributed by atoms with Gasteiger partial charge in [0.1, 0.15) is 0 Å². The maximum Gasteiger partial charge on any atom is 0.184 e. The van der Waals surface area contributed by atoms with Gasteiger partial charge in [-0.2, -0.15) is 0 Å². The van der Waals surface area contributed by atoms with Crippen molar-refractivity contribution in [1.82, 2.24) is 0 Å². The predicted octanol–water partition coefficient (Wildman–Crippen LogP) is 4.07. The van der Waals surface area contributed by atoms with E-state index >= 15 is 0 Å². The summed E-state index contributed by atoms with van der Waals surface area (Å²) in [7, 11) is 0. The van der Waals surface area contributed by atoms with Gasteiger partial charge in [-0.1, -0.05) is 46.9 Å². The van der Waals surface area contributed by atoms with Crippen molar-refractivity contribution in [2.45, 2.75) is 6.29 Å². The Labute approximate surface area is 109 Å². The molecule has 0 spiro atoms. The SMILES string of the molecule is ClC1=C(Cl)COC(c2ccc(Cl)cc2)OC1. The highest BCUT2D eigenvalue weighted by Gasteiger charge is 2.18. The molecule has 1 aromatic rings. The van der Waals surface area contributed by atoms with Crippen LogP contribution in [0.1, 0.15) is 11.9 Å². The van der Waals surface area contributed by atoms with Gasteiger partial charge in [0, 0.05) is 10.6 Å². The van der Waals surface area contributed by atoms with Gasteiger partial charge in [-0.3, -0.25) is 0 Å². The third-order valence-electron chi connectivity index (χ3n) is 2.16. The van der Waals surface area contributed by atoms with Gasteiger partial charge in [-0.15, -0.1) is 0 Å². The van der Waals surface area contributed by atoms with Gasteiger partial charge in [-0.25, -0.2) is 0 Å². The van der Waals surface area contributed by atoms with Crippen LogP contribution in [0.2, 0.25) is 5.02 Å². The maximum atomic E-state index is 5.87. The Balaban J connectivity index is 2.10. The van der Waals surface area contributed by atoms with Gasteiger partial charge in [0.25, 0.3) is 0 Å². The zero-order valence-corrected chi connectivity index (χ0v) is 10.5. The Morgan fingerprint density at radius 2 is 1.38 bits per heavy atom. The third-order valence-corrected chi connectivity index (χ3v) is 3.18. The summed E-state index contributed by atoms with van der Waals surface area (Å²) in [5, 5.41) is 1.64. The molecule has 5 heteroatoms. The lowest BCUT2D eigenvalue weighted by Crippen LogP contribution is -2.07. The fourth-order valence-electron chi connectivity index (χ4n) is 1.31. The van der Waals surface area contributed by atoms with Gasteiger partial charge >= 0.3 is 0 Å². The number of ether oxygens (including phenoxy) is 2. The van der Waals surface area contributed by atoms with E-state index in [1.165, 1.54) is 0 Å². The number of rotatable bonds is 1. The lowest BCUT2D eigenvalue weighted by Gasteiger charge is -2.15. The average molecular weight is 280 g/mol. The Hall–Kier alpha value is -0.250. The van der Waals surface area contributed by atoms with Crippen LogP contribution >= 0.6 is 34.8 Å². The molecule has 0 saturated carbocycles. The van der Waals surface area contributed by atoms with Crippen LogP contribution in [0.5, 0.6) is 0 Å². The first-order chi connectivity index (χ1) is 7.66. The summed E-state index contributed by atoms with van der Waals surface area (Å²) in [6.07, 6.45) is -0.456. The molecule has 0 fully saturated rings. The molecule has 0 aromatic heterocycles. The quantitative estimate of drug-likeness (QED) is 0.771. The first-order valence-electron chi connectivity index (χ1n) is 4.68. The van der Waals surface area contributed by atoms with E-state index in [4.69, 9.17) is 44.3 Å². The van der Waals surface area contributed by atoms with E-state index in [1.54, 1.807) is 12.1 Å². The third kappa shape index (κ3) is 2.90. The van der Waals surface area contributed by atoms with E-state index in [1.807, 2.05) is 12.1 Å². The summed E-state index contributed by atoms with van der Waals surface area (Å²) in [6.45, 7) is 0.515. The zero-order chi connectivity index (χ0) is 11.5. The van der Waals surface area contributed by atoms with Crippen molar-refractivity contribution in [2.24, 2.45) is 0 Å². The first-order valence-corrected chi connectivity index (χ1v) is 5.82. The van der Waals surface area contributed by atoms with E-state index in [9.17, 15) is 0 Å². The van der Waals surface area contributed by atoms with Gasteiger partial charge in [0.05, 0.1) is 23.3 Å². The highest BCUT2D eigenvalue weighted by molar-refractivity contribution is 6.39. The monoisotopic (exact) mass is 278 g/mol. The molecule has 1 aromatic carbocycles. The first kappa shape index (κ1) is 12.2. The molecule has 1 heterocycles. The fourth-order valence-corrected chi connectivity index (χ4v) is 1.68. The van der Waals surface area contributed by atoms with E-state index in [-0.39, 0.29) is 13.2 Å². The van der Waals surface area contributed by atoms with Crippen LogP contribution in [0.25, 0.3) is 0 Å². The summed E-state index contributed by atoms with van der Waals surface area (Å²) in [5.41, 5.74) is 0.889. The van der Waals surface area contributed by atoms with Crippen LogP contribution in [-0.4, -0.2) is 13.2 Å². The van der Waals surface area contributed by atoms with Crippen LogP contribution in [0.3, 0.4) is 0 Å². The average Bonchev–Trinajstić information content (AvgIpc) is 2.44. The smallest absolute Gasteiger partial charge is 0.184 e. The van der Waals surface area contributed by atoms with E-state index in [2.05, 4.69) is 0 Å². The van der Waals surface area contributed by atoms with Gasteiger partial charge in [0.15, 0.2) is 6.29 Å². The molecular formula is C11H9Cl3O2. The van der Waals surface area contributed by atoms with Crippen molar-refractivity contribution in [3.8, 4) is 0 Å². The van der Waals surface area contributed by atoms with Crippen LogP contribution in [-0.2, 0) is 9.47 Å². The van der Waals surface area contributed by atoms with E-state index in [0.29, 0.717) is 15.1 Å². The molecule has 1 aliphatic heterocycles. The molecule has 0 bridgehead atoms. The molecule has 0 atom stereocenters. The summed E-state index contributed by atoms with van der Waals surface area (Å²) in [5.74, 6) is 0. The Kier molecular flexibility index (Phi) is 4.11. The molecule has 2 nitrogen and oxygen atoms in total. The van der Waals surface area contributed by atoms with Gasteiger partial charge < -0.3 is 9.47 Å². The Bertz CT molecular complexity index is 384. The Morgan fingerprint density at radius 1 is 0.875 bits per heavy atom. The highest BCUT2D eigenvalue weighted by Crippen LogP contribution is 2.28. The second kappa shape index (κ2) is 5.39. The predicted molar refractivity (Wildman–Crippen MR) is 64.8 cm³/mol. The van der Waals surface area contributed by atoms with Crippen molar-refractivity contribution in [3.63, 3.8) is 0 Å². The molecule has 86 valence electrons. The second-order valence-electron chi connectivity index (χ2n) is 3.32. The minimum Gasteiger partial charge on any atom is -0.343 e. The molecule has 2 rings (SSSR count). The zero-order valence-electron chi connectivity index (χ0n) is 8.25. The molecule has 0 N–H and O–H groups in total. The number of hydrogen-bond acceptors (Lipinski definition) is 2. The van der Waals surface area contributed by atoms with E-state index in [0.717, 1.165) is 5.56 Å². The second-order valence-corrected chi connectivity index (χ2v) is 4.66. The fraction of sp³-hybridized carbons (Fsp3) is 0.273. The molecule has 0 unspecified atom stereocenters. The summed E-state index contributed by atoms with van der Waals surface area (Å²) >= 11 is 17.5. The molecule has 0 radical (unpaired) electrons. The summed E-state index contributed by atoms with van der Waals surface area (Å²) in [6, 6.07) is 7.26. The largest absolute Gasteiger partial charge is 0.343 e. The molecule has 0 amide bonds. The van der Waals surface area contributed by atoms with Crippen molar-refractivity contribution < 1.29 is 9.47 Å². The lowest BCUT2D eigenvalue weighted by molar-refractivity contribution is -0.126. The van der Waals surface area contributed by atoms with Crippen LogP contribution < -0.4 is 0 Å². The number of benzene rings is 1. The maximum absolute atomic E-state index is 5.87. The minimum atomic E-state index is -0.456. The van der Waals surface area contributed by atoms with E-state index < -0.39 is 6.29 Å². The van der Waals surface area contributed by atoms with Crippen molar-refractivity contribution in [1.29, 1.82) is 0 Å². The van der Waals surface area contributed by atoms with Crippen molar-refractivity contribution in [3.05, 3.63) is 44.9 Å². The standard InChI is InChI=1S/C11H9Cl3O2/c12-8-3-1-7(2-4-8)11-15-5-9(13)10(14)6-16-11/h1-4,11H,5-6H2. The molecular weight excluding hydrogens is 270 g/mol. The van der Waals surface area contributed by atoms with Crippen molar-refractivity contribution in [2.75, 3.05) is 13.2 Å². The molecule has 1 aliphatic rings. The number of hydrogen-bond donors (Lipinski definition) is 0. The molecule has 0 saturated heterocycles. The summed E-state index contributed by atoms with van der Waals surface area (Å²) < 4.78 is 10.9. The molecule has 0 aliphatic carbocycles. The molecule has 16 heavy (non-hydrogen) atoms. The number of halogens is 3. The van der Waals surface area contributed by atoms with Crippen LogP contribution in [0.15, 0.2) is 34.3 Å². The lowest BCUT2D eigenvalue weighted by atomic mass is 10.2.